The number of hydrogen-bond donors (Lipinski definition) is 2. The van der Waals surface area contributed by atoms with Crippen LogP contribution in [0, 0.1) is 17.5 Å². The van der Waals surface area contributed by atoms with E-state index in [9.17, 15) is 41.4 Å². The molecule has 1 aromatic carbocycles. The maximum Gasteiger partial charge on any atom is 0.275 e. The normalized spacial score (nSPS) is 21.9. The second-order valence-corrected chi connectivity index (χ2v) is 8.02. The minimum absolute atomic E-state index is 0.0235. The highest BCUT2D eigenvalue weighted by molar-refractivity contribution is 5.99. The molecule has 3 heterocycles. The number of halogens is 5. The van der Waals surface area contributed by atoms with Crippen molar-refractivity contribution in [2.24, 2.45) is 0 Å². The van der Waals surface area contributed by atoms with E-state index in [1.807, 2.05) is 0 Å². The fourth-order valence-electron chi connectivity index (χ4n) is 4.42. The van der Waals surface area contributed by atoms with Crippen molar-refractivity contribution in [2.45, 2.75) is 31.0 Å². The molecular weight excluding hydrogens is 469 g/mol. The quantitative estimate of drug-likeness (QED) is 0.643. The minimum atomic E-state index is -3.07. The standard InChI is InChI=1S/C21H18F5N3O5/c1-28-19(33)15-17(31)16(30)11(7-29(15)14-2-3-34-8-21(14,28)20(25)26)18(32)27-6-10-12(23)4-9(22)5-13(10)24/h4-5,7,14,20,31H,2-3,6,8H2,1H3,(H,27,32)/t14-,21+/m0/s1. The fourth-order valence-corrected chi connectivity index (χ4v) is 4.42. The Hall–Kier alpha value is -3.48. The molecule has 34 heavy (non-hydrogen) atoms. The molecule has 0 unspecified atom stereocenters. The van der Waals surface area contributed by atoms with Crippen molar-refractivity contribution in [1.82, 2.24) is 14.8 Å². The van der Waals surface area contributed by atoms with Gasteiger partial charge < -0.3 is 24.6 Å². The van der Waals surface area contributed by atoms with Crippen LogP contribution >= 0.6 is 0 Å². The average molecular weight is 487 g/mol. The Morgan fingerprint density at radius 3 is 2.53 bits per heavy atom. The number of carbonyl (C=O) groups excluding carboxylic acids is 2. The van der Waals surface area contributed by atoms with Gasteiger partial charge in [-0.15, -0.1) is 0 Å². The number of rotatable bonds is 4. The topological polar surface area (TPSA) is 101 Å². The molecule has 182 valence electrons. The van der Waals surface area contributed by atoms with Gasteiger partial charge in [0.25, 0.3) is 18.2 Å². The van der Waals surface area contributed by atoms with Crippen LogP contribution in [0.5, 0.6) is 5.75 Å². The van der Waals surface area contributed by atoms with E-state index < -0.39 is 88.4 Å². The van der Waals surface area contributed by atoms with Crippen LogP contribution in [0.25, 0.3) is 0 Å². The zero-order chi connectivity index (χ0) is 24.9. The van der Waals surface area contributed by atoms with Gasteiger partial charge in [-0.2, -0.15) is 0 Å². The second-order valence-electron chi connectivity index (χ2n) is 8.02. The van der Waals surface area contributed by atoms with E-state index in [2.05, 4.69) is 5.32 Å². The molecule has 4 rings (SSSR count). The van der Waals surface area contributed by atoms with E-state index >= 15 is 0 Å². The molecule has 2 atom stereocenters. The van der Waals surface area contributed by atoms with Crippen LogP contribution in [0.1, 0.15) is 38.9 Å². The molecule has 1 saturated heterocycles. The van der Waals surface area contributed by atoms with Crippen LogP contribution in [0.3, 0.4) is 0 Å². The molecule has 2 aliphatic rings. The summed E-state index contributed by atoms with van der Waals surface area (Å²) in [4.78, 5) is 38.9. The summed E-state index contributed by atoms with van der Waals surface area (Å²) in [7, 11) is 1.11. The number of amides is 2. The lowest BCUT2D eigenvalue weighted by molar-refractivity contribution is -0.140. The maximum atomic E-state index is 14.2. The van der Waals surface area contributed by atoms with Crippen LogP contribution in [0.15, 0.2) is 23.1 Å². The molecule has 2 aromatic rings. The summed E-state index contributed by atoms with van der Waals surface area (Å²) in [5.74, 6) is -7.12. The van der Waals surface area contributed by atoms with Crippen molar-refractivity contribution in [1.29, 1.82) is 0 Å². The first-order chi connectivity index (χ1) is 16.0. The third-order valence-corrected chi connectivity index (χ3v) is 6.28. The monoisotopic (exact) mass is 487 g/mol. The van der Waals surface area contributed by atoms with Gasteiger partial charge >= 0.3 is 0 Å². The highest BCUT2D eigenvalue weighted by Crippen LogP contribution is 2.45. The van der Waals surface area contributed by atoms with Gasteiger partial charge in [-0.1, -0.05) is 0 Å². The van der Waals surface area contributed by atoms with Crippen molar-refractivity contribution < 1.29 is 41.4 Å². The average Bonchev–Trinajstić information content (AvgIpc) is 2.78. The van der Waals surface area contributed by atoms with Gasteiger partial charge in [-0.25, -0.2) is 22.0 Å². The Morgan fingerprint density at radius 1 is 1.26 bits per heavy atom. The third kappa shape index (κ3) is 3.42. The number of nitrogens with one attached hydrogen (secondary N) is 1. The first-order valence-corrected chi connectivity index (χ1v) is 10.0. The molecule has 8 nitrogen and oxygen atoms in total. The van der Waals surface area contributed by atoms with Crippen LogP contribution in [0.2, 0.25) is 0 Å². The molecule has 13 heteroatoms. The summed E-state index contributed by atoms with van der Waals surface area (Å²) >= 11 is 0. The number of fused-ring (bicyclic) bond motifs is 3. The SMILES string of the molecule is CN1C(=O)c2c(O)c(=O)c(C(=O)NCc3c(F)cc(F)cc3F)cn2[C@H]2CCOC[C@]21C(F)F. The summed E-state index contributed by atoms with van der Waals surface area (Å²) in [5.41, 5.74) is -5.38. The van der Waals surface area contributed by atoms with Crippen molar-refractivity contribution in [3.63, 3.8) is 0 Å². The second kappa shape index (κ2) is 8.38. The fraction of sp³-hybridized carbons (Fsp3) is 0.381. The van der Waals surface area contributed by atoms with Gasteiger partial charge in [0.15, 0.2) is 11.4 Å². The number of benzene rings is 1. The van der Waals surface area contributed by atoms with Crippen LogP contribution < -0.4 is 10.7 Å². The van der Waals surface area contributed by atoms with E-state index in [1.165, 1.54) is 0 Å². The van der Waals surface area contributed by atoms with Gasteiger partial charge in [0.05, 0.1) is 12.6 Å². The van der Waals surface area contributed by atoms with Crippen molar-refractivity contribution >= 4 is 11.8 Å². The lowest BCUT2D eigenvalue weighted by Crippen LogP contribution is -2.67. The predicted molar refractivity (Wildman–Crippen MR) is 105 cm³/mol. The molecule has 1 aromatic heterocycles. The predicted octanol–water partition coefficient (Wildman–Crippen LogP) is 1.95. The lowest BCUT2D eigenvalue weighted by Gasteiger charge is -2.52. The molecule has 0 aliphatic carbocycles. The molecule has 2 amide bonds. The summed E-state index contributed by atoms with van der Waals surface area (Å²) < 4.78 is 75.4. The van der Waals surface area contributed by atoms with Gasteiger partial charge in [0.2, 0.25) is 5.43 Å². The highest BCUT2D eigenvalue weighted by Gasteiger charge is 2.58. The van der Waals surface area contributed by atoms with E-state index in [-0.39, 0.29) is 13.0 Å². The number of likely N-dealkylation sites (N-methyl/N-ethyl adjacent to an activating group) is 1. The van der Waals surface area contributed by atoms with Crippen molar-refractivity contribution in [3.05, 3.63) is 62.8 Å². The van der Waals surface area contributed by atoms with Crippen LogP contribution in [-0.4, -0.2) is 58.6 Å². The Bertz CT molecular complexity index is 1230. The zero-order valence-electron chi connectivity index (χ0n) is 17.6. The van der Waals surface area contributed by atoms with Gasteiger partial charge in [0, 0.05) is 44.1 Å². The molecule has 0 spiro atoms. The molecular formula is C21H18F5N3O5. The maximum absolute atomic E-state index is 14.2. The zero-order valence-corrected chi connectivity index (χ0v) is 17.6. The van der Waals surface area contributed by atoms with E-state index in [0.29, 0.717) is 12.1 Å². The molecule has 0 bridgehead atoms. The number of pyridine rings is 1. The van der Waals surface area contributed by atoms with Gasteiger partial charge in [-0.3, -0.25) is 14.4 Å². The number of aromatic hydroxyl groups is 1. The first-order valence-electron chi connectivity index (χ1n) is 10.0. The lowest BCUT2D eigenvalue weighted by atomic mass is 9.82. The minimum Gasteiger partial charge on any atom is -0.503 e. The first kappa shape index (κ1) is 23.7. The Kier molecular flexibility index (Phi) is 5.84. The summed E-state index contributed by atoms with van der Waals surface area (Å²) in [6.45, 7) is -1.26. The van der Waals surface area contributed by atoms with Crippen LogP contribution in [-0.2, 0) is 11.3 Å². The third-order valence-electron chi connectivity index (χ3n) is 6.28. The number of aromatic nitrogens is 1. The van der Waals surface area contributed by atoms with E-state index in [1.54, 1.807) is 0 Å². The molecule has 0 saturated carbocycles. The Morgan fingerprint density at radius 2 is 1.91 bits per heavy atom. The molecule has 2 N–H and O–H groups in total. The van der Waals surface area contributed by atoms with Crippen molar-refractivity contribution in [3.8, 4) is 5.75 Å². The summed E-state index contributed by atoms with van der Waals surface area (Å²) in [6, 6.07) is -0.341. The number of alkyl halides is 2. The summed E-state index contributed by atoms with van der Waals surface area (Å²) in [6.07, 6.45) is -2.23. The van der Waals surface area contributed by atoms with Crippen molar-refractivity contribution in [2.75, 3.05) is 20.3 Å². The Labute approximate surface area is 188 Å². The summed E-state index contributed by atoms with van der Waals surface area (Å²) in [5, 5.41) is 12.5. The number of ether oxygens (including phenoxy) is 1. The number of carbonyl (C=O) groups is 2. The van der Waals surface area contributed by atoms with E-state index in [0.717, 1.165) is 22.7 Å². The largest absolute Gasteiger partial charge is 0.503 e. The van der Waals surface area contributed by atoms with Crippen LogP contribution in [0.4, 0.5) is 22.0 Å². The smallest absolute Gasteiger partial charge is 0.275 e. The number of nitrogens with zero attached hydrogens (tertiary/aromatic N) is 2. The van der Waals surface area contributed by atoms with Gasteiger partial charge in [0.1, 0.15) is 28.6 Å². The van der Waals surface area contributed by atoms with Gasteiger partial charge in [-0.05, 0) is 6.42 Å². The number of hydrogen-bond acceptors (Lipinski definition) is 5. The van der Waals surface area contributed by atoms with E-state index in [4.69, 9.17) is 4.74 Å². The molecule has 2 aliphatic heterocycles. The molecule has 1 fully saturated rings. The Balaban J connectivity index is 1.76. The highest BCUT2D eigenvalue weighted by atomic mass is 19.3. The molecule has 0 radical (unpaired) electrons.